The largest absolute Gasteiger partial charge is 0.494 e. The Bertz CT molecular complexity index is 516. The molecular weight excluding hydrogens is 216 g/mol. The number of aromatic nitrogens is 3. The van der Waals surface area contributed by atoms with Gasteiger partial charge in [-0.25, -0.2) is 9.97 Å². The molecule has 3 heterocycles. The number of rotatable bonds is 2. The van der Waals surface area contributed by atoms with E-state index < -0.39 is 0 Å². The van der Waals surface area contributed by atoms with Crippen LogP contribution in [0, 0.1) is 0 Å². The summed E-state index contributed by atoms with van der Waals surface area (Å²) in [6.07, 6.45) is 9.37. The summed E-state index contributed by atoms with van der Waals surface area (Å²) in [4.78, 5) is 11.0. The molecule has 2 aromatic rings. The summed E-state index contributed by atoms with van der Waals surface area (Å²) in [5.41, 5.74) is 0. The number of nitrogens with zero attached hydrogens (tertiary/aromatic N) is 4. The van der Waals surface area contributed by atoms with Gasteiger partial charge in [0.15, 0.2) is 5.75 Å². The van der Waals surface area contributed by atoms with Crippen LogP contribution in [-0.4, -0.2) is 34.6 Å². The van der Waals surface area contributed by atoms with Crippen LogP contribution in [0.2, 0.25) is 0 Å². The van der Waals surface area contributed by atoms with Gasteiger partial charge in [-0.1, -0.05) is 0 Å². The Balaban J connectivity index is 2.02. The van der Waals surface area contributed by atoms with E-state index in [2.05, 4.69) is 14.9 Å². The lowest BCUT2D eigenvalue weighted by molar-refractivity contribution is 0.410. The van der Waals surface area contributed by atoms with E-state index in [-0.39, 0.29) is 0 Å². The molecular formula is C12H16N4O. The first-order chi connectivity index (χ1) is 8.38. The van der Waals surface area contributed by atoms with Crippen LogP contribution in [-0.2, 0) is 0 Å². The number of methoxy groups -OCH3 is 1. The van der Waals surface area contributed by atoms with Crippen LogP contribution in [0.5, 0.6) is 5.75 Å². The van der Waals surface area contributed by atoms with Gasteiger partial charge in [0.05, 0.1) is 25.7 Å². The second-order valence-corrected chi connectivity index (χ2v) is 4.33. The minimum absolute atomic E-state index is 0.728. The monoisotopic (exact) mass is 232 g/mol. The van der Waals surface area contributed by atoms with Crippen LogP contribution in [0.3, 0.4) is 0 Å². The number of anilines is 1. The number of piperidine rings is 1. The van der Waals surface area contributed by atoms with Gasteiger partial charge in [-0.15, -0.1) is 0 Å². The quantitative estimate of drug-likeness (QED) is 0.790. The van der Waals surface area contributed by atoms with Crippen molar-refractivity contribution < 1.29 is 4.74 Å². The van der Waals surface area contributed by atoms with Crippen molar-refractivity contribution in [2.45, 2.75) is 19.3 Å². The molecule has 0 amide bonds. The highest BCUT2D eigenvalue weighted by Crippen LogP contribution is 2.22. The van der Waals surface area contributed by atoms with Gasteiger partial charge in [-0.05, 0) is 19.3 Å². The Hall–Kier alpha value is -1.78. The SMILES string of the molecule is COc1cnc2ncc(N3CCCCC3)n2c1. The van der Waals surface area contributed by atoms with Crippen molar-refractivity contribution in [2.24, 2.45) is 0 Å². The topological polar surface area (TPSA) is 42.7 Å². The Morgan fingerprint density at radius 2 is 1.88 bits per heavy atom. The molecule has 0 radical (unpaired) electrons. The zero-order chi connectivity index (χ0) is 11.7. The molecule has 0 atom stereocenters. The fraction of sp³-hybridized carbons (Fsp3) is 0.500. The number of imidazole rings is 1. The van der Waals surface area contributed by atoms with E-state index in [1.54, 1.807) is 13.3 Å². The van der Waals surface area contributed by atoms with Gasteiger partial charge in [-0.2, -0.15) is 0 Å². The third-order valence-electron chi connectivity index (χ3n) is 3.24. The normalized spacial score (nSPS) is 16.4. The molecule has 1 saturated heterocycles. The molecule has 0 saturated carbocycles. The third kappa shape index (κ3) is 1.81. The fourth-order valence-corrected chi connectivity index (χ4v) is 2.31. The predicted octanol–water partition coefficient (Wildman–Crippen LogP) is 1.73. The molecule has 0 N–H and O–H groups in total. The Morgan fingerprint density at radius 1 is 1.12 bits per heavy atom. The summed E-state index contributed by atoms with van der Waals surface area (Å²) in [6, 6.07) is 0. The van der Waals surface area contributed by atoms with Crippen LogP contribution >= 0.6 is 0 Å². The van der Waals surface area contributed by atoms with Crippen LogP contribution < -0.4 is 9.64 Å². The van der Waals surface area contributed by atoms with Crippen LogP contribution in [0.25, 0.3) is 5.78 Å². The summed E-state index contributed by atoms with van der Waals surface area (Å²) >= 11 is 0. The van der Waals surface area contributed by atoms with E-state index in [1.807, 2.05) is 16.8 Å². The third-order valence-corrected chi connectivity index (χ3v) is 3.24. The molecule has 1 aliphatic heterocycles. The van der Waals surface area contributed by atoms with E-state index in [9.17, 15) is 0 Å². The molecule has 17 heavy (non-hydrogen) atoms. The maximum Gasteiger partial charge on any atom is 0.235 e. The number of hydrogen-bond acceptors (Lipinski definition) is 4. The molecule has 3 rings (SSSR count). The van der Waals surface area contributed by atoms with E-state index in [4.69, 9.17) is 4.74 Å². The minimum atomic E-state index is 0.728. The van der Waals surface area contributed by atoms with Crippen LogP contribution in [0.4, 0.5) is 5.82 Å². The average Bonchev–Trinajstić information content (AvgIpc) is 2.82. The van der Waals surface area contributed by atoms with Gasteiger partial charge in [0.1, 0.15) is 5.82 Å². The first kappa shape index (κ1) is 10.4. The molecule has 1 aliphatic rings. The zero-order valence-electron chi connectivity index (χ0n) is 9.96. The van der Waals surface area contributed by atoms with Gasteiger partial charge in [0.25, 0.3) is 0 Å². The Kier molecular flexibility index (Phi) is 2.59. The average molecular weight is 232 g/mol. The van der Waals surface area contributed by atoms with E-state index in [0.717, 1.165) is 30.4 Å². The van der Waals surface area contributed by atoms with Gasteiger partial charge in [-0.3, -0.25) is 4.40 Å². The smallest absolute Gasteiger partial charge is 0.235 e. The van der Waals surface area contributed by atoms with Crippen molar-refractivity contribution in [3.8, 4) is 5.75 Å². The molecule has 1 fully saturated rings. The first-order valence-electron chi connectivity index (χ1n) is 6.00. The summed E-state index contributed by atoms with van der Waals surface area (Å²) in [5, 5.41) is 0. The van der Waals surface area contributed by atoms with Crippen molar-refractivity contribution in [3.63, 3.8) is 0 Å². The lowest BCUT2D eigenvalue weighted by atomic mass is 10.1. The highest BCUT2D eigenvalue weighted by molar-refractivity contribution is 5.49. The van der Waals surface area contributed by atoms with Crippen molar-refractivity contribution in [3.05, 3.63) is 18.6 Å². The van der Waals surface area contributed by atoms with Crippen molar-refractivity contribution >= 4 is 11.6 Å². The molecule has 0 bridgehead atoms. The van der Waals surface area contributed by atoms with E-state index >= 15 is 0 Å². The lowest BCUT2D eigenvalue weighted by Gasteiger charge is -2.27. The molecule has 2 aromatic heterocycles. The number of ether oxygens (including phenoxy) is 1. The minimum Gasteiger partial charge on any atom is -0.494 e. The second kappa shape index (κ2) is 4.24. The fourth-order valence-electron chi connectivity index (χ4n) is 2.31. The van der Waals surface area contributed by atoms with Gasteiger partial charge in [0, 0.05) is 13.1 Å². The Morgan fingerprint density at radius 3 is 2.65 bits per heavy atom. The maximum atomic E-state index is 5.20. The maximum absolute atomic E-state index is 5.20. The second-order valence-electron chi connectivity index (χ2n) is 4.33. The molecule has 0 spiro atoms. The predicted molar refractivity (Wildman–Crippen MR) is 65.6 cm³/mol. The highest BCUT2D eigenvalue weighted by atomic mass is 16.5. The summed E-state index contributed by atoms with van der Waals surface area (Å²) < 4.78 is 7.21. The summed E-state index contributed by atoms with van der Waals surface area (Å²) in [5.74, 6) is 2.60. The van der Waals surface area contributed by atoms with Crippen molar-refractivity contribution in [1.82, 2.24) is 14.4 Å². The summed E-state index contributed by atoms with van der Waals surface area (Å²) in [7, 11) is 1.65. The van der Waals surface area contributed by atoms with E-state index in [0.29, 0.717) is 0 Å². The van der Waals surface area contributed by atoms with Crippen LogP contribution in [0.1, 0.15) is 19.3 Å². The highest BCUT2D eigenvalue weighted by Gasteiger charge is 2.15. The van der Waals surface area contributed by atoms with Gasteiger partial charge in [0.2, 0.25) is 5.78 Å². The number of hydrogen-bond donors (Lipinski definition) is 0. The Labute approximate surface area is 100 Å². The summed E-state index contributed by atoms with van der Waals surface area (Å²) in [6.45, 7) is 2.20. The number of fused-ring (bicyclic) bond motifs is 1. The van der Waals surface area contributed by atoms with Gasteiger partial charge >= 0.3 is 0 Å². The van der Waals surface area contributed by atoms with Crippen molar-refractivity contribution in [1.29, 1.82) is 0 Å². The first-order valence-corrected chi connectivity index (χ1v) is 6.00. The van der Waals surface area contributed by atoms with Crippen molar-refractivity contribution in [2.75, 3.05) is 25.1 Å². The molecule has 0 aromatic carbocycles. The zero-order valence-corrected chi connectivity index (χ0v) is 9.96. The van der Waals surface area contributed by atoms with Gasteiger partial charge < -0.3 is 9.64 Å². The van der Waals surface area contributed by atoms with Crippen LogP contribution in [0.15, 0.2) is 18.6 Å². The standard InChI is InChI=1S/C12H16N4O/c1-17-10-7-13-12-14-8-11(16(12)9-10)15-5-3-2-4-6-15/h7-9H,2-6H2,1H3. The molecule has 0 unspecified atom stereocenters. The lowest BCUT2D eigenvalue weighted by Crippen LogP contribution is -2.30. The molecule has 5 heteroatoms. The molecule has 5 nitrogen and oxygen atoms in total. The molecule has 0 aliphatic carbocycles. The van der Waals surface area contributed by atoms with E-state index in [1.165, 1.54) is 19.3 Å². The molecule has 90 valence electrons.